The van der Waals surface area contributed by atoms with Crippen molar-refractivity contribution in [2.24, 2.45) is 0 Å². The number of fused-ring (bicyclic) bond motifs is 1. The van der Waals surface area contributed by atoms with Gasteiger partial charge in [-0.25, -0.2) is 18.6 Å². The van der Waals surface area contributed by atoms with Crippen molar-refractivity contribution in [3.63, 3.8) is 0 Å². The molecule has 1 N–H and O–H groups in total. The molecule has 0 radical (unpaired) electrons. The number of nitrogens with zero attached hydrogens (tertiary/aromatic N) is 4. The highest BCUT2D eigenvalue weighted by Crippen LogP contribution is 2.28. The third-order valence-corrected chi connectivity index (χ3v) is 4.64. The van der Waals surface area contributed by atoms with Crippen LogP contribution in [0.1, 0.15) is 5.69 Å². The lowest BCUT2D eigenvalue weighted by molar-refractivity contribution is 0.122. The molecule has 7 nitrogen and oxygen atoms in total. The highest BCUT2D eigenvalue weighted by atomic mass is 19.1. The zero-order valence-corrected chi connectivity index (χ0v) is 14.1. The molecule has 4 rings (SSSR count). The van der Waals surface area contributed by atoms with Gasteiger partial charge >= 0.3 is 6.03 Å². The lowest BCUT2D eigenvalue weighted by Crippen LogP contribution is -2.40. The molecule has 2 amide bonds. The van der Waals surface area contributed by atoms with Crippen LogP contribution < -0.4 is 10.2 Å². The number of amides is 2. The van der Waals surface area contributed by atoms with Gasteiger partial charge in [0.1, 0.15) is 5.69 Å². The Morgan fingerprint density at radius 1 is 1.12 bits per heavy atom. The van der Waals surface area contributed by atoms with Crippen molar-refractivity contribution in [2.75, 3.05) is 43.1 Å². The van der Waals surface area contributed by atoms with E-state index < -0.39 is 17.7 Å². The van der Waals surface area contributed by atoms with Crippen molar-refractivity contribution in [3.05, 3.63) is 42.0 Å². The maximum Gasteiger partial charge on any atom is 0.322 e. The molecule has 0 unspecified atom stereocenters. The lowest BCUT2D eigenvalue weighted by Gasteiger charge is -2.30. The minimum Gasteiger partial charge on any atom is -0.378 e. The quantitative estimate of drug-likeness (QED) is 0.887. The fraction of sp³-hybridized carbons (Fsp3) is 0.412. The van der Waals surface area contributed by atoms with Gasteiger partial charge in [0, 0.05) is 38.1 Å². The Balaban J connectivity index is 1.47. The van der Waals surface area contributed by atoms with Crippen LogP contribution in [0.4, 0.5) is 25.0 Å². The summed E-state index contributed by atoms with van der Waals surface area (Å²) in [6, 6.07) is 1.91. The number of carbonyl (C=O) groups excluding carboxylic acids is 1. The van der Waals surface area contributed by atoms with Crippen LogP contribution in [0, 0.1) is 11.6 Å². The van der Waals surface area contributed by atoms with Gasteiger partial charge in [-0.3, -0.25) is 0 Å². The highest BCUT2D eigenvalue weighted by Gasteiger charge is 2.23. The normalized spacial score (nSPS) is 17.2. The first kappa shape index (κ1) is 16.8. The summed E-state index contributed by atoms with van der Waals surface area (Å²) in [5.41, 5.74) is 0.945. The molecule has 1 aromatic heterocycles. The zero-order valence-electron chi connectivity index (χ0n) is 14.1. The number of rotatable bonds is 2. The third-order valence-electron chi connectivity index (χ3n) is 4.64. The van der Waals surface area contributed by atoms with E-state index in [9.17, 15) is 13.6 Å². The summed E-state index contributed by atoms with van der Waals surface area (Å²) in [5.74, 6) is -1.39. The monoisotopic (exact) mass is 363 g/mol. The van der Waals surface area contributed by atoms with Crippen LogP contribution in [0.5, 0.6) is 0 Å². The van der Waals surface area contributed by atoms with Gasteiger partial charge in [-0.1, -0.05) is 0 Å². The summed E-state index contributed by atoms with van der Waals surface area (Å²) in [7, 11) is 0. The summed E-state index contributed by atoms with van der Waals surface area (Å²) in [6.07, 6.45) is 3.43. The maximum atomic E-state index is 14.4. The number of halogens is 2. The van der Waals surface area contributed by atoms with Crippen molar-refractivity contribution in [1.82, 2.24) is 14.5 Å². The van der Waals surface area contributed by atoms with Gasteiger partial charge in [0.05, 0.1) is 31.8 Å². The van der Waals surface area contributed by atoms with Crippen LogP contribution in [0.25, 0.3) is 0 Å². The summed E-state index contributed by atoms with van der Waals surface area (Å²) in [5, 5.41) is 2.58. The van der Waals surface area contributed by atoms with Crippen molar-refractivity contribution >= 4 is 17.4 Å². The predicted molar refractivity (Wildman–Crippen MR) is 91.0 cm³/mol. The third kappa shape index (κ3) is 3.22. The number of nitrogens with one attached hydrogen (secondary N) is 1. The number of imidazole rings is 1. The molecule has 0 bridgehead atoms. The molecule has 0 aliphatic carbocycles. The fourth-order valence-electron chi connectivity index (χ4n) is 3.29. The second-order valence-corrected chi connectivity index (χ2v) is 6.32. The average molecular weight is 363 g/mol. The minimum absolute atomic E-state index is 0.0758. The molecule has 3 heterocycles. The number of benzene rings is 1. The summed E-state index contributed by atoms with van der Waals surface area (Å²) >= 11 is 0. The number of anilines is 2. The number of hydrogen-bond acceptors (Lipinski definition) is 4. The Hall–Kier alpha value is -2.68. The van der Waals surface area contributed by atoms with Crippen molar-refractivity contribution in [1.29, 1.82) is 0 Å². The molecule has 1 fully saturated rings. The van der Waals surface area contributed by atoms with E-state index in [1.54, 1.807) is 22.3 Å². The largest absolute Gasteiger partial charge is 0.378 e. The second-order valence-electron chi connectivity index (χ2n) is 6.32. The van der Waals surface area contributed by atoms with E-state index in [0.29, 0.717) is 45.9 Å². The summed E-state index contributed by atoms with van der Waals surface area (Å²) < 4.78 is 36.1. The Morgan fingerprint density at radius 2 is 1.85 bits per heavy atom. The van der Waals surface area contributed by atoms with E-state index in [0.717, 1.165) is 17.8 Å². The summed E-state index contributed by atoms with van der Waals surface area (Å²) in [6.45, 7) is 3.28. The Kier molecular flexibility index (Phi) is 4.46. The molecule has 1 aromatic carbocycles. The number of carbonyl (C=O) groups is 1. The number of ether oxygens (including phenoxy) is 1. The first-order valence-corrected chi connectivity index (χ1v) is 8.48. The van der Waals surface area contributed by atoms with Gasteiger partial charge in [-0.2, -0.15) is 0 Å². The van der Waals surface area contributed by atoms with Crippen molar-refractivity contribution < 1.29 is 18.3 Å². The molecule has 0 atom stereocenters. The Bertz CT molecular complexity index is 796. The van der Waals surface area contributed by atoms with Crippen molar-refractivity contribution in [2.45, 2.75) is 13.1 Å². The van der Waals surface area contributed by atoms with E-state index in [1.165, 1.54) is 0 Å². The maximum absolute atomic E-state index is 14.4. The molecule has 0 saturated carbocycles. The molecule has 1 saturated heterocycles. The van der Waals surface area contributed by atoms with Gasteiger partial charge in [-0.05, 0) is 12.1 Å². The average Bonchev–Trinajstić information content (AvgIpc) is 3.09. The molecule has 0 spiro atoms. The SMILES string of the molecule is O=C(Nc1cc(F)c(N2CCOCC2)c(F)c1)N1CCn2cncc2C1. The lowest BCUT2D eigenvalue weighted by atomic mass is 10.2. The van der Waals surface area contributed by atoms with E-state index in [4.69, 9.17) is 4.74 Å². The molecule has 138 valence electrons. The Labute approximate surface area is 149 Å². The highest BCUT2D eigenvalue weighted by molar-refractivity contribution is 5.89. The van der Waals surface area contributed by atoms with Gasteiger partial charge in [0.2, 0.25) is 0 Å². The fourth-order valence-corrected chi connectivity index (χ4v) is 3.29. The number of hydrogen-bond donors (Lipinski definition) is 1. The van der Waals surface area contributed by atoms with Crippen LogP contribution in [0.15, 0.2) is 24.7 Å². The molecular formula is C17H19F2N5O2. The van der Waals surface area contributed by atoms with Crippen LogP contribution >= 0.6 is 0 Å². The molecule has 2 aliphatic heterocycles. The minimum atomic E-state index is -0.695. The van der Waals surface area contributed by atoms with E-state index in [-0.39, 0.29) is 11.4 Å². The standard InChI is InChI=1S/C17H19F2N5O2/c18-14-7-12(8-15(19)16(14)22-3-5-26-6-4-22)21-17(25)23-1-2-24-11-20-9-13(24)10-23/h7-9,11H,1-6,10H2,(H,21,25). The zero-order chi connectivity index (χ0) is 18.1. The van der Waals surface area contributed by atoms with Gasteiger partial charge in [0.15, 0.2) is 11.6 Å². The van der Waals surface area contributed by atoms with Crippen molar-refractivity contribution in [3.8, 4) is 0 Å². The first-order valence-electron chi connectivity index (χ1n) is 8.48. The molecule has 2 aliphatic rings. The smallest absolute Gasteiger partial charge is 0.322 e. The molecular weight excluding hydrogens is 344 g/mol. The van der Waals surface area contributed by atoms with Gasteiger partial charge in [-0.15, -0.1) is 0 Å². The van der Waals surface area contributed by atoms with Crippen LogP contribution in [-0.4, -0.2) is 53.3 Å². The van der Waals surface area contributed by atoms with Crippen LogP contribution in [-0.2, 0) is 17.8 Å². The number of aromatic nitrogens is 2. The predicted octanol–water partition coefficient (Wildman–Crippen LogP) is 2.05. The summed E-state index contributed by atoms with van der Waals surface area (Å²) in [4.78, 5) is 19.7. The van der Waals surface area contributed by atoms with Crippen LogP contribution in [0.2, 0.25) is 0 Å². The van der Waals surface area contributed by atoms with Gasteiger partial charge < -0.3 is 24.4 Å². The van der Waals surface area contributed by atoms with E-state index in [1.807, 2.05) is 4.57 Å². The molecule has 9 heteroatoms. The van der Waals surface area contributed by atoms with Crippen LogP contribution in [0.3, 0.4) is 0 Å². The molecule has 26 heavy (non-hydrogen) atoms. The van der Waals surface area contributed by atoms with E-state index in [2.05, 4.69) is 10.3 Å². The first-order chi connectivity index (χ1) is 12.6. The number of urea groups is 1. The Morgan fingerprint density at radius 3 is 2.58 bits per heavy atom. The molecule has 2 aromatic rings. The second kappa shape index (κ2) is 6.91. The van der Waals surface area contributed by atoms with Gasteiger partial charge in [0.25, 0.3) is 0 Å². The number of morpholine rings is 1. The van der Waals surface area contributed by atoms with E-state index >= 15 is 0 Å². The topological polar surface area (TPSA) is 62.6 Å².